The molecule has 1 aliphatic heterocycles. The summed E-state index contributed by atoms with van der Waals surface area (Å²) in [6.45, 7) is 2.59. The van der Waals surface area contributed by atoms with E-state index in [0.29, 0.717) is 12.3 Å². The quantitative estimate of drug-likeness (QED) is 0.638. The number of anilines is 1. The monoisotopic (exact) mass is 326 g/mol. The number of nitro benzene ring substituents is 1. The van der Waals surface area contributed by atoms with Crippen LogP contribution >= 0.6 is 0 Å². The molecule has 0 atom stereocenters. The van der Waals surface area contributed by atoms with Crippen molar-refractivity contribution in [3.63, 3.8) is 0 Å². The topological polar surface area (TPSA) is 72.7 Å². The highest BCUT2D eigenvalue weighted by molar-refractivity contribution is 5.96. The molecule has 0 saturated carbocycles. The Kier molecular flexibility index (Phi) is 4.46. The number of non-ortho nitro benzene ring substituents is 1. The maximum Gasteiger partial charge on any atom is 0.269 e. The number of fused-ring (bicyclic) bond motifs is 1. The summed E-state index contributed by atoms with van der Waals surface area (Å²) in [7, 11) is 0. The predicted octanol–water partition coefficient (Wildman–Crippen LogP) is 3.26. The average Bonchev–Trinajstić information content (AvgIpc) is 2.60. The van der Waals surface area contributed by atoms with Crippen molar-refractivity contribution < 1.29 is 14.5 Å². The number of carbonyl (C=O) groups is 1. The van der Waals surface area contributed by atoms with E-state index in [1.807, 2.05) is 19.1 Å². The SMILES string of the molecule is Cc1cccc2c1N(C(=O)COc1ccc([N+](=O)[O-])cc1)CCC2. The van der Waals surface area contributed by atoms with Gasteiger partial charge in [-0.2, -0.15) is 0 Å². The van der Waals surface area contributed by atoms with E-state index < -0.39 is 4.92 Å². The molecule has 3 rings (SSSR count). The number of nitrogens with zero attached hydrogens (tertiary/aromatic N) is 2. The molecule has 24 heavy (non-hydrogen) atoms. The minimum Gasteiger partial charge on any atom is -0.484 e. The molecular formula is C18H18N2O4. The molecule has 124 valence electrons. The third-order valence-electron chi connectivity index (χ3n) is 4.13. The molecular weight excluding hydrogens is 308 g/mol. The number of para-hydroxylation sites is 1. The van der Waals surface area contributed by atoms with Crippen molar-refractivity contribution >= 4 is 17.3 Å². The van der Waals surface area contributed by atoms with Crippen LogP contribution in [-0.4, -0.2) is 24.0 Å². The summed E-state index contributed by atoms with van der Waals surface area (Å²) in [5.74, 6) is 0.333. The van der Waals surface area contributed by atoms with Gasteiger partial charge in [-0.25, -0.2) is 0 Å². The molecule has 0 saturated heterocycles. The van der Waals surface area contributed by atoms with Crippen LogP contribution in [0.5, 0.6) is 5.75 Å². The Hall–Kier alpha value is -2.89. The molecule has 0 radical (unpaired) electrons. The number of benzene rings is 2. The summed E-state index contributed by atoms with van der Waals surface area (Å²) >= 11 is 0. The Morgan fingerprint density at radius 3 is 2.71 bits per heavy atom. The molecule has 1 aliphatic rings. The van der Waals surface area contributed by atoms with E-state index >= 15 is 0 Å². The van der Waals surface area contributed by atoms with E-state index in [4.69, 9.17) is 4.74 Å². The van der Waals surface area contributed by atoms with Crippen LogP contribution in [0.1, 0.15) is 17.5 Å². The maximum atomic E-state index is 12.6. The van der Waals surface area contributed by atoms with E-state index in [9.17, 15) is 14.9 Å². The third kappa shape index (κ3) is 3.22. The van der Waals surface area contributed by atoms with Crippen LogP contribution in [0, 0.1) is 17.0 Å². The van der Waals surface area contributed by atoms with Gasteiger partial charge in [-0.05, 0) is 43.0 Å². The molecule has 0 bridgehead atoms. The normalized spacial score (nSPS) is 13.3. The molecule has 2 aromatic rings. The minimum absolute atomic E-state index is 0.00532. The fraction of sp³-hybridized carbons (Fsp3) is 0.278. The van der Waals surface area contributed by atoms with Crippen LogP contribution < -0.4 is 9.64 Å². The van der Waals surface area contributed by atoms with Crippen LogP contribution in [-0.2, 0) is 11.2 Å². The highest BCUT2D eigenvalue weighted by Gasteiger charge is 2.24. The largest absolute Gasteiger partial charge is 0.484 e. The van der Waals surface area contributed by atoms with Gasteiger partial charge in [-0.1, -0.05) is 18.2 Å². The van der Waals surface area contributed by atoms with E-state index in [1.54, 1.807) is 4.90 Å². The molecule has 0 unspecified atom stereocenters. The Labute approximate surface area is 139 Å². The van der Waals surface area contributed by atoms with Crippen molar-refractivity contribution in [3.8, 4) is 5.75 Å². The third-order valence-corrected chi connectivity index (χ3v) is 4.13. The number of hydrogen-bond acceptors (Lipinski definition) is 4. The molecule has 0 spiro atoms. The number of aryl methyl sites for hydroxylation is 2. The molecule has 0 aliphatic carbocycles. The van der Waals surface area contributed by atoms with Crippen LogP contribution in [0.4, 0.5) is 11.4 Å². The van der Waals surface area contributed by atoms with Crippen LogP contribution in [0.3, 0.4) is 0 Å². The summed E-state index contributed by atoms with van der Waals surface area (Å²) in [6.07, 6.45) is 1.91. The fourth-order valence-electron chi connectivity index (χ4n) is 2.98. The lowest BCUT2D eigenvalue weighted by Gasteiger charge is -2.31. The number of rotatable bonds is 4. The van der Waals surface area contributed by atoms with Crippen molar-refractivity contribution in [2.45, 2.75) is 19.8 Å². The van der Waals surface area contributed by atoms with Crippen molar-refractivity contribution in [1.82, 2.24) is 0 Å². The summed E-state index contributed by atoms with van der Waals surface area (Å²) < 4.78 is 5.50. The van der Waals surface area contributed by atoms with Gasteiger partial charge in [0.25, 0.3) is 11.6 Å². The standard InChI is InChI=1S/C18H18N2O4/c1-13-4-2-5-14-6-3-11-19(18(13)14)17(21)12-24-16-9-7-15(8-10-16)20(22)23/h2,4-5,7-10H,3,6,11-12H2,1H3. The van der Waals surface area contributed by atoms with Gasteiger partial charge >= 0.3 is 0 Å². The van der Waals surface area contributed by atoms with E-state index in [0.717, 1.165) is 24.1 Å². The Morgan fingerprint density at radius 1 is 1.25 bits per heavy atom. The summed E-state index contributed by atoms with van der Waals surface area (Å²) in [4.78, 5) is 24.5. The zero-order valence-corrected chi connectivity index (χ0v) is 13.4. The predicted molar refractivity (Wildman–Crippen MR) is 90.4 cm³/mol. The van der Waals surface area contributed by atoms with Gasteiger partial charge in [-0.3, -0.25) is 14.9 Å². The first-order chi connectivity index (χ1) is 11.6. The molecule has 2 aromatic carbocycles. The van der Waals surface area contributed by atoms with Gasteiger partial charge in [0.2, 0.25) is 0 Å². The molecule has 0 aromatic heterocycles. The van der Waals surface area contributed by atoms with Crippen molar-refractivity contribution in [3.05, 3.63) is 63.7 Å². The van der Waals surface area contributed by atoms with Gasteiger partial charge in [0.1, 0.15) is 5.75 Å². The number of nitro groups is 1. The Morgan fingerprint density at radius 2 is 2.00 bits per heavy atom. The first kappa shape index (κ1) is 16.0. The molecule has 6 heteroatoms. The molecule has 0 N–H and O–H groups in total. The number of amides is 1. The van der Waals surface area contributed by atoms with Gasteiger partial charge < -0.3 is 9.64 Å². The van der Waals surface area contributed by atoms with E-state index in [2.05, 4.69) is 6.07 Å². The first-order valence-corrected chi connectivity index (χ1v) is 7.82. The second-order valence-electron chi connectivity index (χ2n) is 5.77. The zero-order chi connectivity index (χ0) is 17.1. The summed E-state index contributed by atoms with van der Waals surface area (Å²) in [5, 5.41) is 10.6. The molecule has 1 amide bonds. The second kappa shape index (κ2) is 6.70. The Bertz CT molecular complexity index is 771. The van der Waals surface area contributed by atoms with Crippen LogP contribution in [0.15, 0.2) is 42.5 Å². The zero-order valence-electron chi connectivity index (χ0n) is 13.4. The van der Waals surface area contributed by atoms with Crippen LogP contribution in [0.2, 0.25) is 0 Å². The first-order valence-electron chi connectivity index (χ1n) is 7.82. The minimum atomic E-state index is -0.470. The lowest BCUT2D eigenvalue weighted by molar-refractivity contribution is -0.384. The Balaban J connectivity index is 1.69. The highest BCUT2D eigenvalue weighted by Crippen LogP contribution is 2.30. The van der Waals surface area contributed by atoms with Gasteiger partial charge in [-0.15, -0.1) is 0 Å². The number of carbonyl (C=O) groups excluding carboxylic acids is 1. The lowest BCUT2D eigenvalue weighted by Crippen LogP contribution is -2.39. The summed E-state index contributed by atoms with van der Waals surface area (Å²) in [5.41, 5.74) is 3.25. The van der Waals surface area contributed by atoms with Gasteiger partial charge in [0.15, 0.2) is 6.61 Å². The number of hydrogen-bond donors (Lipinski definition) is 0. The van der Waals surface area contributed by atoms with Crippen LogP contribution in [0.25, 0.3) is 0 Å². The highest BCUT2D eigenvalue weighted by atomic mass is 16.6. The smallest absolute Gasteiger partial charge is 0.269 e. The van der Waals surface area contributed by atoms with Crippen molar-refractivity contribution in [2.24, 2.45) is 0 Å². The number of ether oxygens (including phenoxy) is 1. The molecule has 1 heterocycles. The van der Waals surface area contributed by atoms with E-state index in [1.165, 1.54) is 29.8 Å². The van der Waals surface area contributed by atoms with Crippen molar-refractivity contribution in [1.29, 1.82) is 0 Å². The molecule has 6 nitrogen and oxygen atoms in total. The van der Waals surface area contributed by atoms with Crippen molar-refractivity contribution in [2.75, 3.05) is 18.1 Å². The van der Waals surface area contributed by atoms with E-state index in [-0.39, 0.29) is 18.2 Å². The average molecular weight is 326 g/mol. The molecule has 0 fully saturated rings. The maximum absolute atomic E-state index is 12.6. The van der Waals surface area contributed by atoms with Gasteiger partial charge in [0, 0.05) is 24.4 Å². The second-order valence-corrected chi connectivity index (χ2v) is 5.77. The van der Waals surface area contributed by atoms with Gasteiger partial charge in [0.05, 0.1) is 4.92 Å². The fourth-order valence-corrected chi connectivity index (χ4v) is 2.98. The summed E-state index contributed by atoms with van der Waals surface area (Å²) in [6, 6.07) is 11.8. The lowest BCUT2D eigenvalue weighted by atomic mass is 9.98.